The van der Waals surface area contributed by atoms with Crippen LogP contribution in [0.1, 0.15) is 132 Å². The van der Waals surface area contributed by atoms with Crippen LogP contribution in [-0.4, -0.2) is 28.3 Å². The van der Waals surface area contributed by atoms with Gasteiger partial charge in [-0.05, 0) is 143 Å². The largest absolute Gasteiger partial charge is 0.507 e. The fourth-order valence-electron chi connectivity index (χ4n) is 13.0. The van der Waals surface area contributed by atoms with E-state index in [4.69, 9.17) is 4.74 Å². The zero-order chi connectivity index (χ0) is 35.1. The van der Waals surface area contributed by atoms with Gasteiger partial charge in [-0.25, -0.2) is 0 Å². The average molecular weight is 657 g/mol. The SMILES string of the molecule is C=C(C)[C@@H]1CC[C@]2(C#Cc3ccccc3O)CC[C@]3(C)C(CCC4[C@@]5(C)CC[C@H](OC(=O)CC(C)(C)C(=O)O)C(C)(C)C5CC[C@]43C)C12. The molecule has 5 heteroatoms. The Hall–Kier alpha value is -2.74. The van der Waals surface area contributed by atoms with Crippen LogP contribution in [0.4, 0.5) is 0 Å². The van der Waals surface area contributed by atoms with Crippen molar-refractivity contribution >= 4 is 11.9 Å². The molecule has 2 N–H and O–H groups in total. The van der Waals surface area contributed by atoms with Gasteiger partial charge in [-0.1, -0.05) is 70.7 Å². The van der Waals surface area contributed by atoms with Gasteiger partial charge in [0.05, 0.1) is 17.4 Å². The van der Waals surface area contributed by atoms with Crippen LogP contribution in [0.2, 0.25) is 0 Å². The van der Waals surface area contributed by atoms with Crippen molar-refractivity contribution in [2.75, 3.05) is 0 Å². The first-order valence-electron chi connectivity index (χ1n) is 18.7. The third kappa shape index (κ3) is 5.17. The summed E-state index contributed by atoms with van der Waals surface area (Å²) >= 11 is 0. The molecule has 5 saturated carbocycles. The molecular weight excluding hydrogens is 596 g/mol. The Balaban J connectivity index is 1.29. The summed E-state index contributed by atoms with van der Waals surface area (Å²) in [5, 5.41) is 20.1. The van der Waals surface area contributed by atoms with E-state index >= 15 is 0 Å². The van der Waals surface area contributed by atoms with Gasteiger partial charge in [-0.15, -0.1) is 0 Å². The van der Waals surface area contributed by atoms with Crippen LogP contribution in [0, 0.1) is 73.9 Å². The number of phenols is 1. The zero-order valence-electron chi connectivity index (χ0n) is 30.9. The zero-order valence-corrected chi connectivity index (χ0v) is 30.9. The van der Waals surface area contributed by atoms with Gasteiger partial charge in [0.1, 0.15) is 11.9 Å². The number of aliphatic carboxylic acids is 1. The van der Waals surface area contributed by atoms with Crippen molar-refractivity contribution in [3.8, 4) is 17.6 Å². The summed E-state index contributed by atoms with van der Waals surface area (Å²) in [5.74, 6) is 8.80. The number of rotatable bonds is 5. The number of hydrogen-bond acceptors (Lipinski definition) is 4. The van der Waals surface area contributed by atoms with E-state index in [1.54, 1.807) is 19.9 Å². The Morgan fingerprint density at radius 3 is 2.29 bits per heavy atom. The maximum Gasteiger partial charge on any atom is 0.309 e. The molecular formula is C43H60O5. The Bertz CT molecular complexity index is 1540. The molecule has 6 rings (SSSR count). The predicted molar refractivity (Wildman–Crippen MR) is 190 cm³/mol. The van der Waals surface area contributed by atoms with Gasteiger partial charge in [0, 0.05) is 10.8 Å². The van der Waals surface area contributed by atoms with E-state index in [1.807, 2.05) is 18.2 Å². The number of aromatic hydroxyl groups is 1. The van der Waals surface area contributed by atoms with Crippen molar-refractivity contribution in [3.05, 3.63) is 42.0 Å². The van der Waals surface area contributed by atoms with E-state index in [0.717, 1.165) is 44.1 Å². The first kappa shape index (κ1) is 35.1. The maximum absolute atomic E-state index is 13.1. The van der Waals surface area contributed by atoms with Gasteiger partial charge in [0.25, 0.3) is 0 Å². The minimum absolute atomic E-state index is 0.0422. The van der Waals surface area contributed by atoms with Crippen LogP contribution >= 0.6 is 0 Å². The van der Waals surface area contributed by atoms with Crippen molar-refractivity contribution in [1.29, 1.82) is 0 Å². The van der Waals surface area contributed by atoms with E-state index in [1.165, 1.54) is 31.3 Å². The fourth-order valence-corrected chi connectivity index (χ4v) is 13.0. The Labute approximate surface area is 289 Å². The molecule has 0 spiro atoms. The number of carboxylic acid groups (broad SMARTS) is 1. The Morgan fingerprint density at radius 2 is 1.62 bits per heavy atom. The molecule has 5 fully saturated rings. The topological polar surface area (TPSA) is 83.8 Å². The minimum Gasteiger partial charge on any atom is -0.507 e. The van der Waals surface area contributed by atoms with E-state index in [0.29, 0.717) is 29.6 Å². The lowest BCUT2D eigenvalue weighted by molar-refractivity contribution is -0.247. The van der Waals surface area contributed by atoms with E-state index in [2.05, 4.69) is 60.0 Å². The second-order valence-corrected chi connectivity index (χ2v) is 18.8. The molecule has 0 heterocycles. The van der Waals surface area contributed by atoms with Gasteiger partial charge >= 0.3 is 11.9 Å². The minimum atomic E-state index is -1.14. The lowest BCUT2D eigenvalue weighted by Gasteiger charge is -2.72. The number of carbonyl (C=O) groups is 2. The number of carboxylic acids is 1. The van der Waals surface area contributed by atoms with Gasteiger partial charge in [-0.3, -0.25) is 9.59 Å². The first-order valence-corrected chi connectivity index (χ1v) is 18.7. The number of phenolic OH excluding ortho intramolecular Hbond substituents is 1. The van der Waals surface area contributed by atoms with Crippen LogP contribution in [0.25, 0.3) is 0 Å². The molecule has 10 atom stereocenters. The fraction of sp³-hybridized carbons (Fsp3) is 0.721. The lowest BCUT2D eigenvalue weighted by Crippen LogP contribution is -2.66. The van der Waals surface area contributed by atoms with Crippen LogP contribution in [0.3, 0.4) is 0 Å². The van der Waals surface area contributed by atoms with Crippen molar-refractivity contribution < 1.29 is 24.5 Å². The summed E-state index contributed by atoms with van der Waals surface area (Å²) in [6.45, 7) is 22.4. The third-order valence-corrected chi connectivity index (χ3v) is 15.8. The highest BCUT2D eigenvalue weighted by Gasteiger charge is 2.71. The van der Waals surface area contributed by atoms with Gasteiger partial charge in [0.15, 0.2) is 0 Å². The Kier molecular flexibility index (Phi) is 8.53. The Morgan fingerprint density at radius 1 is 0.917 bits per heavy atom. The number of benzene rings is 1. The van der Waals surface area contributed by atoms with E-state index < -0.39 is 17.4 Å². The molecule has 262 valence electrons. The quantitative estimate of drug-likeness (QED) is 0.187. The van der Waals surface area contributed by atoms with E-state index in [-0.39, 0.29) is 45.3 Å². The molecule has 0 amide bonds. The van der Waals surface area contributed by atoms with Crippen LogP contribution in [0.15, 0.2) is 36.4 Å². The molecule has 5 nitrogen and oxygen atoms in total. The van der Waals surface area contributed by atoms with Gasteiger partial charge < -0.3 is 14.9 Å². The highest BCUT2D eigenvalue weighted by atomic mass is 16.5. The number of ether oxygens (including phenoxy) is 1. The number of para-hydroxylation sites is 1. The summed E-state index contributed by atoms with van der Waals surface area (Å²) < 4.78 is 6.17. The number of fused-ring (bicyclic) bond motifs is 7. The smallest absolute Gasteiger partial charge is 0.309 e. The summed E-state index contributed by atoms with van der Waals surface area (Å²) in [6, 6.07) is 7.49. The first-order chi connectivity index (χ1) is 22.3. The monoisotopic (exact) mass is 656 g/mol. The standard InChI is InChI=1S/C43H60O5/c1-27(2)29-17-23-43(22-16-28-12-10-11-13-31(28)44)25-24-41(8)30(36(29)43)14-15-33-40(7)20-19-34(48-35(45)26-38(3,4)37(46)47)39(5,6)32(40)18-21-42(33,41)9/h10-13,29-30,32-34,36,44H,1,14-15,17-21,23-26H2,2-9H3,(H,46,47)/t29-,30?,32?,33?,34-,36?,40-,41+,42+,43+/m0/s1. The third-order valence-electron chi connectivity index (χ3n) is 15.8. The highest BCUT2D eigenvalue weighted by Crippen LogP contribution is 2.77. The molecule has 1 aromatic rings. The normalized spacial score (nSPS) is 41.3. The summed E-state index contributed by atoms with van der Waals surface area (Å²) in [4.78, 5) is 24.8. The summed E-state index contributed by atoms with van der Waals surface area (Å²) in [7, 11) is 0. The summed E-state index contributed by atoms with van der Waals surface area (Å²) in [6.07, 6.45) is 10.9. The van der Waals surface area contributed by atoms with Crippen LogP contribution < -0.4 is 0 Å². The molecule has 4 unspecified atom stereocenters. The number of carbonyl (C=O) groups excluding carboxylic acids is 1. The second-order valence-electron chi connectivity index (χ2n) is 18.8. The van der Waals surface area contributed by atoms with Gasteiger partial charge in [0.2, 0.25) is 0 Å². The predicted octanol–water partition coefficient (Wildman–Crippen LogP) is 9.81. The maximum atomic E-state index is 13.1. The molecule has 0 aromatic heterocycles. The number of hydrogen-bond donors (Lipinski definition) is 2. The average Bonchev–Trinajstić information content (AvgIpc) is 3.38. The van der Waals surface area contributed by atoms with Crippen molar-refractivity contribution in [1.82, 2.24) is 0 Å². The summed E-state index contributed by atoms with van der Waals surface area (Å²) in [5.41, 5.74) is 1.21. The molecule has 5 aliphatic rings. The molecule has 0 saturated heterocycles. The molecule has 48 heavy (non-hydrogen) atoms. The molecule has 0 aliphatic heterocycles. The highest BCUT2D eigenvalue weighted by molar-refractivity contribution is 5.81. The van der Waals surface area contributed by atoms with Crippen LogP contribution in [0.5, 0.6) is 5.75 Å². The molecule has 0 bridgehead atoms. The van der Waals surface area contributed by atoms with Crippen molar-refractivity contribution in [3.63, 3.8) is 0 Å². The second kappa shape index (κ2) is 11.7. The number of esters is 1. The molecule has 1 aromatic carbocycles. The lowest BCUT2D eigenvalue weighted by atomic mass is 9.32. The van der Waals surface area contributed by atoms with Crippen LogP contribution in [-0.2, 0) is 14.3 Å². The van der Waals surface area contributed by atoms with Crippen molar-refractivity contribution in [2.24, 2.45) is 62.1 Å². The molecule has 0 radical (unpaired) electrons. The van der Waals surface area contributed by atoms with E-state index in [9.17, 15) is 19.8 Å². The number of allylic oxidation sites excluding steroid dienone is 1. The van der Waals surface area contributed by atoms with Gasteiger partial charge in [-0.2, -0.15) is 0 Å². The van der Waals surface area contributed by atoms with Crippen molar-refractivity contribution in [2.45, 2.75) is 132 Å². The molecule has 5 aliphatic carbocycles.